The van der Waals surface area contributed by atoms with E-state index in [9.17, 15) is 9.00 Å². The lowest BCUT2D eigenvalue weighted by molar-refractivity contribution is 0.684. The maximum atomic E-state index is 12.3. The van der Waals surface area contributed by atoms with E-state index in [1.807, 2.05) is 43.3 Å². The normalized spacial score (nSPS) is 12.7. The number of fused-ring (bicyclic) bond motifs is 1. The van der Waals surface area contributed by atoms with E-state index in [1.54, 1.807) is 17.9 Å². The quantitative estimate of drug-likeness (QED) is 0.822. The molecule has 0 spiro atoms. The average molecular weight is 264 g/mol. The van der Waals surface area contributed by atoms with Crippen molar-refractivity contribution >= 4 is 27.4 Å². The van der Waals surface area contributed by atoms with E-state index in [0.717, 1.165) is 16.6 Å². The molecule has 1 unspecified atom stereocenters. The van der Waals surface area contributed by atoms with Gasteiger partial charge in [0, 0.05) is 32.8 Å². The molecule has 0 bridgehead atoms. The number of benzene rings is 1. The van der Waals surface area contributed by atoms with E-state index >= 15 is 0 Å². The summed E-state index contributed by atoms with van der Waals surface area (Å²) >= 11 is 0. The summed E-state index contributed by atoms with van der Waals surface area (Å²) < 4.78 is 13.4. The highest BCUT2D eigenvalue weighted by Crippen LogP contribution is 2.28. The molecule has 18 heavy (non-hydrogen) atoms. The van der Waals surface area contributed by atoms with E-state index in [0.29, 0.717) is 4.90 Å². The van der Waals surface area contributed by atoms with Crippen LogP contribution in [-0.4, -0.2) is 29.1 Å². The molecule has 1 aromatic heterocycles. The Morgan fingerprint density at radius 1 is 1.22 bits per heavy atom. The van der Waals surface area contributed by atoms with Crippen LogP contribution in [0.15, 0.2) is 34.0 Å². The highest BCUT2D eigenvalue weighted by atomic mass is 32.2. The van der Waals surface area contributed by atoms with Crippen LogP contribution >= 0.6 is 0 Å². The third kappa shape index (κ3) is 1.84. The number of hydrogen-bond acceptors (Lipinski definition) is 3. The number of aryl methyl sites for hydroxylation is 1. The van der Waals surface area contributed by atoms with Gasteiger partial charge >= 0.3 is 0 Å². The zero-order chi connectivity index (χ0) is 13.4. The van der Waals surface area contributed by atoms with Crippen molar-refractivity contribution in [1.29, 1.82) is 0 Å². The molecule has 0 amide bonds. The van der Waals surface area contributed by atoms with Crippen LogP contribution in [0.2, 0.25) is 0 Å². The fourth-order valence-corrected chi connectivity index (χ4v) is 3.10. The van der Waals surface area contributed by atoms with Crippen molar-refractivity contribution in [2.24, 2.45) is 7.05 Å². The Hall–Kier alpha value is -1.62. The first kappa shape index (κ1) is 12.8. The fourth-order valence-electron chi connectivity index (χ4n) is 2.15. The lowest BCUT2D eigenvalue weighted by atomic mass is 10.1. The number of hydrogen-bond donors (Lipinski definition) is 0. The molecule has 0 radical (unpaired) electrons. The van der Waals surface area contributed by atoms with Gasteiger partial charge in [0.2, 0.25) is 0 Å². The van der Waals surface area contributed by atoms with Crippen molar-refractivity contribution in [3.8, 4) is 0 Å². The van der Waals surface area contributed by atoms with Gasteiger partial charge in [-0.05, 0) is 6.07 Å². The minimum absolute atomic E-state index is 0.196. The van der Waals surface area contributed by atoms with Crippen molar-refractivity contribution in [3.63, 3.8) is 0 Å². The molecule has 2 rings (SSSR count). The van der Waals surface area contributed by atoms with E-state index < -0.39 is 10.8 Å². The Labute approximate surface area is 108 Å². The first-order valence-electron chi connectivity index (χ1n) is 5.57. The monoisotopic (exact) mass is 264 g/mol. The molecule has 0 saturated heterocycles. The molecular formula is C13H16N2O2S. The molecule has 2 aromatic rings. The zero-order valence-electron chi connectivity index (χ0n) is 10.9. The SMILES string of the molecule is CN(C)c1c(S(C)=O)c(=O)n(C)c2ccccc12. The topological polar surface area (TPSA) is 42.3 Å². The summed E-state index contributed by atoms with van der Waals surface area (Å²) in [7, 11) is 4.11. The number of para-hydroxylation sites is 1. The molecule has 4 nitrogen and oxygen atoms in total. The molecule has 1 heterocycles. The van der Waals surface area contributed by atoms with Gasteiger partial charge in [-0.3, -0.25) is 9.00 Å². The van der Waals surface area contributed by atoms with Gasteiger partial charge in [0.15, 0.2) is 0 Å². The smallest absolute Gasteiger partial charge is 0.269 e. The van der Waals surface area contributed by atoms with Gasteiger partial charge < -0.3 is 9.47 Å². The molecule has 0 fully saturated rings. The Morgan fingerprint density at radius 2 is 1.83 bits per heavy atom. The van der Waals surface area contributed by atoms with Crippen molar-refractivity contribution in [2.75, 3.05) is 25.3 Å². The van der Waals surface area contributed by atoms with Crippen molar-refractivity contribution in [1.82, 2.24) is 4.57 Å². The van der Waals surface area contributed by atoms with Crippen molar-refractivity contribution < 1.29 is 4.21 Å². The summed E-state index contributed by atoms with van der Waals surface area (Å²) in [4.78, 5) is 14.5. The van der Waals surface area contributed by atoms with Gasteiger partial charge in [-0.25, -0.2) is 0 Å². The maximum Gasteiger partial charge on any atom is 0.269 e. The van der Waals surface area contributed by atoms with E-state index in [2.05, 4.69) is 0 Å². The summed E-state index contributed by atoms with van der Waals surface area (Å²) in [5, 5.41) is 0.940. The summed E-state index contributed by atoms with van der Waals surface area (Å²) in [6.07, 6.45) is 1.54. The van der Waals surface area contributed by atoms with Crippen LogP contribution in [0.25, 0.3) is 10.9 Å². The minimum Gasteiger partial charge on any atom is -0.376 e. The van der Waals surface area contributed by atoms with Gasteiger partial charge in [-0.1, -0.05) is 18.2 Å². The lowest BCUT2D eigenvalue weighted by Crippen LogP contribution is -2.26. The van der Waals surface area contributed by atoms with Gasteiger partial charge in [-0.2, -0.15) is 0 Å². The van der Waals surface area contributed by atoms with Crippen LogP contribution in [0, 0.1) is 0 Å². The minimum atomic E-state index is -1.31. The van der Waals surface area contributed by atoms with Crippen molar-refractivity contribution in [3.05, 3.63) is 34.6 Å². The first-order chi connectivity index (χ1) is 8.45. The molecule has 5 heteroatoms. The van der Waals surface area contributed by atoms with Gasteiger partial charge in [-0.15, -0.1) is 0 Å². The van der Waals surface area contributed by atoms with Crippen LogP contribution in [-0.2, 0) is 17.8 Å². The first-order valence-corrected chi connectivity index (χ1v) is 7.13. The maximum absolute atomic E-state index is 12.3. The molecule has 96 valence electrons. The van der Waals surface area contributed by atoms with Crippen LogP contribution in [0.5, 0.6) is 0 Å². The third-order valence-electron chi connectivity index (χ3n) is 2.97. The molecule has 0 aliphatic carbocycles. The molecule has 0 aliphatic heterocycles. The highest BCUT2D eigenvalue weighted by molar-refractivity contribution is 7.84. The van der Waals surface area contributed by atoms with Crippen LogP contribution in [0.1, 0.15) is 0 Å². The van der Waals surface area contributed by atoms with Gasteiger partial charge in [0.1, 0.15) is 4.90 Å². The Bertz CT molecular complexity index is 689. The largest absolute Gasteiger partial charge is 0.376 e. The highest BCUT2D eigenvalue weighted by Gasteiger charge is 2.18. The van der Waals surface area contributed by atoms with E-state index in [4.69, 9.17) is 0 Å². The Morgan fingerprint density at radius 3 is 2.39 bits per heavy atom. The Kier molecular flexibility index (Phi) is 3.26. The number of aromatic nitrogens is 1. The molecule has 0 N–H and O–H groups in total. The molecular weight excluding hydrogens is 248 g/mol. The van der Waals surface area contributed by atoms with E-state index in [-0.39, 0.29) is 5.56 Å². The summed E-state index contributed by atoms with van der Waals surface area (Å²) in [5.41, 5.74) is 1.40. The van der Waals surface area contributed by atoms with Crippen LogP contribution in [0.3, 0.4) is 0 Å². The van der Waals surface area contributed by atoms with Crippen LogP contribution in [0.4, 0.5) is 5.69 Å². The van der Waals surface area contributed by atoms with Gasteiger partial charge in [0.25, 0.3) is 5.56 Å². The zero-order valence-corrected chi connectivity index (χ0v) is 11.7. The van der Waals surface area contributed by atoms with Crippen molar-refractivity contribution in [2.45, 2.75) is 4.90 Å². The second-order valence-corrected chi connectivity index (χ2v) is 5.72. The summed E-state index contributed by atoms with van der Waals surface area (Å²) in [5.74, 6) is 0. The molecule has 0 aliphatic rings. The third-order valence-corrected chi connectivity index (χ3v) is 3.91. The predicted octanol–water partition coefficient (Wildman–Crippen LogP) is 1.34. The second kappa shape index (κ2) is 4.57. The number of anilines is 1. The lowest BCUT2D eigenvalue weighted by Gasteiger charge is -2.20. The van der Waals surface area contributed by atoms with E-state index in [1.165, 1.54) is 0 Å². The number of nitrogens with zero attached hydrogens (tertiary/aromatic N) is 2. The predicted molar refractivity (Wildman–Crippen MR) is 75.8 cm³/mol. The standard InChI is InChI=1S/C13H16N2O2S/c1-14(2)11-9-7-5-6-8-10(9)15(3)13(16)12(11)18(4)17/h5-8H,1-4H3. The second-order valence-electron chi connectivity index (χ2n) is 4.41. The summed E-state index contributed by atoms with van der Waals surface area (Å²) in [6, 6.07) is 7.65. The fraction of sp³-hybridized carbons (Fsp3) is 0.308. The average Bonchev–Trinajstić information content (AvgIpc) is 2.32. The number of pyridine rings is 1. The molecule has 1 aromatic carbocycles. The molecule has 0 saturated carbocycles. The Balaban J connectivity index is 3.08. The van der Waals surface area contributed by atoms with Crippen LogP contribution < -0.4 is 10.5 Å². The van der Waals surface area contributed by atoms with Gasteiger partial charge in [0.05, 0.1) is 22.0 Å². The summed E-state index contributed by atoms with van der Waals surface area (Å²) in [6.45, 7) is 0. The molecule has 1 atom stereocenters. The number of rotatable bonds is 2.